The quantitative estimate of drug-likeness (QED) is 0.797. The van der Waals surface area contributed by atoms with Crippen molar-refractivity contribution in [1.29, 1.82) is 0 Å². The van der Waals surface area contributed by atoms with Crippen molar-refractivity contribution < 1.29 is 4.79 Å². The number of hydrogen-bond donors (Lipinski definition) is 1. The Morgan fingerprint density at radius 3 is 2.72 bits per heavy atom. The van der Waals surface area contributed by atoms with E-state index >= 15 is 0 Å². The van der Waals surface area contributed by atoms with E-state index in [1.54, 1.807) is 0 Å². The zero-order valence-corrected chi connectivity index (χ0v) is 12.6. The monoisotopic (exact) mass is 255 g/mol. The molecule has 0 bridgehead atoms. The average Bonchev–Trinajstić information content (AvgIpc) is 2.37. The summed E-state index contributed by atoms with van der Waals surface area (Å²) < 4.78 is 0. The molecule has 4 nitrogen and oxygen atoms in total. The normalized spacial score (nSPS) is 26.9. The van der Waals surface area contributed by atoms with Gasteiger partial charge in [-0.15, -0.1) is 0 Å². The minimum Gasteiger partial charge on any atom is -0.342 e. The first kappa shape index (κ1) is 15.4. The minimum atomic E-state index is 0.0661. The van der Waals surface area contributed by atoms with Gasteiger partial charge in [0, 0.05) is 38.6 Å². The molecule has 1 heterocycles. The number of hydrogen-bond acceptors (Lipinski definition) is 3. The molecule has 1 saturated heterocycles. The molecule has 4 heteroatoms. The van der Waals surface area contributed by atoms with Crippen molar-refractivity contribution in [2.45, 2.75) is 33.2 Å². The van der Waals surface area contributed by atoms with Crippen LogP contribution in [0, 0.1) is 11.8 Å². The predicted molar refractivity (Wildman–Crippen MR) is 75.5 cm³/mol. The molecule has 0 radical (unpaired) electrons. The average molecular weight is 255 g/mol. The van der Waals surface area contributed by atoms with E-state index in [1.807, 2.05) is 25.9 Å². The largest absolute Gasteiger partial charge is 0.342 e. The van der Waals surface area contributed by atoms with E-state index in [0.717, 1.165) is 32.6 Å². The summed E-state index contributed by atoms with van der Waals surface area (Å²) in [5.74, 6) is 0.900. The maximum atomic E-state index is 12.3. The van der Waals surface area contributed by atoms with Crippen molar-refractivity contribution in [2.24, 2.45) is 11.8 Å². The van der Waals surface area contributed by atoms with Crippen LogP contribution in [0.1, 0.15) is 27.2 Å². The third-order valence-corrected chi connectivity index (χ3v) is 4.17. The topological polar surface area (TPSA) is 35.6 Å². The van der Waals surface area contributed by atoms with Crippen LogP contribution in [0.2, 0.25) is 0 Å². The van der Waals surface area contributed by atoms with Gasteiger partial charge in [-0.3, -0.25) is 4.79 Å². The van der Waals surface area contributed by atoms with Crippen LogP contribution < -0.4 is 5.32 Å². The summed E-state index contributed by atoms with van der Waals surface area (Å²) in [5, 5.41) is 3.08. The second-order valence-electron chi connectivity index (χ2n) is 5.63. The van der Waals surface area contributed by atoms with Crippen LogP contribution in [0.3, 0.4) is 0 Å². The van der Waals surface area contributed by atoms with E-state index < -0.39 is 0 Å². The van der Waals surface area contributed by atoms with Gasteiger partial charge in [-0.1, -0.05) is 20.8 Å². The van der Waals surface area contributed by atoms with Crippen LogP contribution in [-0.2, 0) is 4.79 Å². The summed E-state index contributed by atoms with van der Waals surface area (Å²) in [6.45, 7) is 10.6. The molecule has 0 saturated carbocycles. The molecular weight excluding hydrogens is 226 g/mol. The van der Waals surface area contributed by atoms with Crippen LogP contribution >= 0.6 is 0 Å². The van der Waals surface area contributed by atoms with Crippen molar-refractivity contribution in [3.05, 3.63) is 0 Å². The predicted octanol–water partition coefficient (Wildman–Crippen LogP) is 1.03. The number of carbonyl (C=O) groups is 1. The van der Waals surface area contributed by atoms with Gasteiger partial charge in [0.1, 0.15) is 0 Å². The molecule has 0 aromatic heterocycles. The maximum Gasteiger partial charge on any atom is 0.226 e. The summed E-state index contributed by atoms with van der Waals surface area (Å²) in [4.78, 5) is 16.8. The van der Waals surface area contributed by atoms with Crippen molar-refractivity contribution in [1.82, 2.24) is 15.1 Å². The zero-order valence-electron chi connectivity index (χ0n) is 12.6. The standard InChI is InChI=1S/C14H29N3O/c1-6-17-8-7-13(12(3)10-17)16(5)14(18)11(2)9-15-4/h11-13,15H,6-10H2,1-5H3/t11-,12+,13-/m0/s1. The highest BCUT2D eigenvalue weighted by atomic mass is 16.2. The summed E-state index contributed by atoms with van der Waals surface area (Å²) in [5.41, 5.74) is 0. The van der Waals surface area contributed by atoms with Gasteiger partial charge in [-0.2, -0.15) is 0 Å². The Morgan fingerprint density at radius 1 is 1.56 bits per heavy atom. The van der Waals surface area contributed by atoms with E-state index in [0.29, 0.717) is 12.0 Å². The Kier molecular flexibility index (Phi) is 6.09. The molecule has 0 aliphatic carbocycles. The fraction of sp³-hybridized carbons (Fsp3) is 0.929. The third-order valence-electron chi connectivity index (χ3n) is 4.17. The molecule has 18 heavy (non-hydrogen) atoms. The van der Waals surface area contributed by atoms with E-state index in [-0.39, 0.29) is 11.8 Å². The van der Waals surface area contributed by atoms with Crippen molar-refractivity contribution in [2.75, 3.05) is 40.3 Å². The first-order chi connectivity index (χ1) is 8.51. The van der Waals surface area contributed by atoms with Gasteiger partial charge in [-0.05, 0) is 25.9 Å². The number of piperidine rings is 1. The fourth-order valence-corrected chi connectivity index (χ4v) is 2.99. The van der Waals surface area contributed by atoms with Crippen LogP contribution in [0.4, 0.5) is 0 Å². The molecule has 1 fully saturated rings. The molecule has 1 aliphatic rings. The molecule has 0 aromatic carbocycles. The molecule has 1 aliphatic heterocycles. The van der Waals surface area contributed by atoms with Gasteiger partial charge in [0.15, 0.2) is 0 Å². The summed E-state index contributed by atoms with van der Waals surface area (Å²) in [7, 11) is 3.86. The second-order valence-corrected chi connectivity index (χ2v) is 5.63. The van der Waals surface area contributed by atoms with Gasteiger partial charge < -0.3 is 15.1 Å². The highest BCUT2D eigenvalue weighted by molar-refractivity contribution is 5.78. The minimum absolute atomic E-state index is 0.0661. The molecular formula is C14H29N3O. The van der Waals surface area contributed by atoms with E-state index in [2.05, 4.69) is 24.1 Å². The Morgan fingerprint density at radius 2 is 2.22 bits per heavy atom. The van der Waals surface area contributed by atoms with Crippen LogP contribution in [-0.4, -0.2) is 62.0 Å². The second kappa shape index (κ2) is 7.10. The van der Waals surface area contributed by atoms with Crippen molar-refractivity contribution in [3.8, 4) is 0 Å². The van der Waals surface area contributed by atoms with Crippen molar-refractivity contribution in [3.63, 3.8) is 0 Å². The lowest BCUT2D eigenvalue weighted by atomic mass is 9.92. The number of nitrogens with one attached hydrogen (secondary N) is 1. The number of rotatable bonds is 5. The van der Waals surface area contributed by atoms with E-state index in [4.69, 9.17) is 0 Å². The molecule has 1 rings (SSSR count). The van der Waals surface area contributed by atoms with Crippen LogP contribution in [0.25, 0.3) is 0 Å². The molecule has 106 valence electrons. The van der Waals surface area contributed by atoms with Crippen LogP contribution in [0.5, 0.6) is 0 Å². The maximum absolute atomic E-state index is 12.3. The van der Waals surface area contributed by atoms with Gasteiger partial charge in [0.25, 0.3) is 0 Å². The first-order valence-electron chi connectivity index (χ1n) is 7.14. The zero-order chi connectivity index (χ0) is 13.7. The van der Waals surface area contributed by atoms with Gasteiger partial charge in [0.2, 0.25) is 5.91 Å². The summed E-state index contributed by atoms with van der Waals surface area (Å²) in [6, 6.07) is 0.402. The number of nitrogens with zero attached hydrogens (tertiary/aromatic N) is 2. The third kappa shape index (κ3) is 3.69. The van der Waals surface area contributed by atoms with Crippen molar-refractivity contribution >= 4 is 5.91 Å². The lowest BCUT2D eigenvalue weighted by molar-refractivity contribution is -0.137. The molecule has 0 aromatic rings. The van der Waals surface area contributed by atoms with Gasteiger partial charge in [-0.25, -0.2) is 0 Å². The fourth-order valence-electron chi connectivity index (χ4n) is 2.99. The van der Waals surface area contributed by atoms with E-state index in [1.165, 1.54) is 0 Å². The molecule has 1 amide bonds. The SMILES string of the molecule is CCN1CC[C@H](N(C)C(=O)[C@@H](C)CNC)[C@H](C)C1. The molecule has 1 N–H and O–H groups in total. The number of amides is 1. The number of carbonyl (C=O) groups excluding carboxylic acids is 1. The highest BCUT2D eigenvalue weighted by Gasteiger charge is 2.31. The summed E-state index contributed by atoms with van der Waals surface area (Å²) in [6.07, 6.45) is 1.10. The smallest absolute Gasteiger partial charge is 0.226 e. The molecule has 0 spiro atoms. The Balaban J connectivity index is 2.56. The van der Waals surface area contributed by atoms with Gasteiger partial charge >= 0.3 is 0 Å². The highest BCUT2D eigenvalue weighted by Crippen LogP contribution is 2.22. The Labute approximate surface area is 112 Å². The van der Waals surface area contributed by atoms with Crippen LogP contribution in [0.15, 0.2) is 0 Å². The summed E-state index contributed by atoms with van der Waals surface area (Å²) >= 11 is 0. The molecule has 3 atom stereocenters. The Bertz CT molecular complexity index is 270. The lowest BCUT2D eigenvalue weighted by Gasteiger charge is -2.41. The number of likely N-dealkylation sites (tertiary alicyclic amines) is 1. The first-order valence-corrected chi connectivity index (χ1v) is 7.14. The molecule has 0 unspecified atom stereocenters. The van der Waals surface area contributed by atoms with Gasteiger partial charge in [0.05, 0.1) is 0 Å². The Hall–Kier alpha value is -0.610. The lowest BCUT2D eigenvalue weighted by Crippen LogP contribution is -2.52. The van der Waals surface area contributed by atoms with E-state index in [9.17, 15) is 4.79 Å².